The predicted molar refractivity (Wildman–Crippen MR) is 224 cm³/mol. The maximum atomic E-state index is 12.8. The molecule has 2 N–H and O–H groups in total. The molecule has 0 fully saturated rings. The topological polar surface area (TPSA) is 108 Å². The van der Waals surface area contributed by atoms with E-state index in [1.165, 1.54) is 154 Å². The Hall–Kier alpha value is -0.760. The molecule has 0 radical (unpaired) electrons. The number of likely N-dealkylation sites (N-methyl/N-ethyl adjacent to an activating group) is 1. The van der Waals surface area contributed by atoms with Crippen LogP contribution in [0.5, 0.6) is 0 Å². The molecule has 0 aromatic carbocycles. The first-order valence-corrected chi connectivity index (χ1v) is 24.0. The Bertz CT molecular complexity index is 880. The molecule has 0 rings (SSSR count). The Kier molecular flexibility index (Phi) is 36.3. The summed E-state index contributed by atoms with van der Waals surface area (Å²) in [6.07, 6.45) is 41.0. The van der Waals surface area contributed by atoms with Crippen molar-refractivity contribution in [1.82, 2.24) is 5.32 Å². The van der Waals surface area contributed by atoms with Gasteiger partial charge in [0.15, 0.2) is 0 Å². The number of carbonyl (C=O) groups is 1. The van der Waals surface area contributed by atoms with Crippen LogP contribution in [0.3, 0.4) is 0 Å². The highest BCUT2D eigenvalue weighted by atomic mass is 31.2. The monoisotopic (exact) mass is 773 g/mol. The molecule has 53 heavy (non-hydrogen) atoms. The zero-order valence-corrected chi connectivity index (χ0v) is 36.6. The standard InChI is InChI=1S/C44H89N2O6P/c1-6-8-10-12-14-16-18-20-22-24-26-28-30-32-34-36-38-44(48)45-42(41-52-53(49,50)51-40-39-46(3,4)5)43(47)37-35-33-31-29-27-25-23-21-19-17-15-13-11-9-7-2/h35,37,42-43,47H,6-34,36,38-41H2,1-5H3,(H-,45,48,49,50)/b37-35+. The van der Waals surface area contributed by atoms with E-state index in [-0.39, 0.29) is 19.1 Å². The summed E-state index contributed by atoms with van der Waals surface area (Å²) in [6, 6.07) is -0.879. The molecule has 8 nitrogen and oxygen atoms in total. The lowest BCUT2D eigenvalue weighted by molar-refractivity contribution is -0.870. The van der Waals surface area contributed by atoms with Crippen LogP contribution in [0.15, 0.2) is 12.2 Å². The molecule has 3 unspecified atom stereocenters. The third-order valence-electron chi connectivity index (χ3n) is 10.2. The molecule has 0 aliphatic carbocycles. The summed E-state index contributed by atoms with van der Waals surface area (Å²) in [5.41, 5.74) is 0. The fourth-order valence-corrected chi connectivity index (χ4v) is 7.35. The minimum absolute atomic E-state index is 0.00212. The summed E-state index contributed by atoms with van der Waals surface area (Å²) in [7, 11) is 1.27. The number of quaternary nitrogens is 1. The van der Waals surface area contributed by atoms with Crippen molar-refractivity contribution in [3.05, 3.63) is 12.2 Å². The first kappa shape index (κ1) is 52.2. The normalized spacial score (nSPS) is 14.5. The van der Waals surface area contributed by atoms with E-state index in [1.807, 2.05) is 27.2 Å². The van der Waals surface area contributed by atoms with E-state index in [9.17, 15) is 19.4 Å². The smallest absolute Gasteiger partial charge is 0.268 e. The van der Waals surface area contributed by atoms with Crippen molar-refractivity contribution < 1.29 is 32.9 Å². The molecule has 0 aromatic heterocycles. The molecule has 3 atom stereocenters. The van der Waals surface area contributed by atoms with Gasteiger partial charge < -0.3 is 28.8 Å². The largest absolute Gasteiger partial charge is 0.756 e. The second kappa shape index (κ2) is 36.9. The Morgan fingerprint density at radius 3 is 1.42 bits per heavy atom. The number of hydrogen-bond donors (Lipinski definition) is 2. The van der Waals surface area contributed by atoms with E-state index < -0.39 is 20.0 Å². The maximum Gasteiger partial charge on any atom is 0.268 e. The number of aliphatic hydroxyl groups is 1. The fourth-order valence-electron chi connectivity index (χ4n) is 6.62. The van der Waals surface area contributed by atoms with Crippen molar-refractivity contribution in [3.63, 3.8) is 0 Å². The van der Waals surface area contributed by atoms with E-state index in [4.69, 9.17) is 9.05 Å². The number of amides is 1. The number of nitrogens with one attached hydrogen (secondary N) is 1. The highest BCUT2D eigenvalue weighted by Crippen LogP contribution is 2.38. The van der Waals surface area contributed by atoms with Crippen LogP contribution < -0.4 is 10.2 Å². The molecular weight excluding hydrogens is 683 g/mol. The molecule has 0 aliphatic heterocycles. The van der Waals surface area contributed by atoms with Crippen LogP contribution in [0.25, 0.3) is 0 Å². The lowest BCUT2D eigenvalue weighted by Crippen LogP contribution is -2.45. The molecule has 0 bridgehead atoms. The Labute approximate surface area is 329 Å². The minimum Gasteiger partial charge on any atom is -0.756 e. The molecule has 0 aliphatic rings. The lowest BCUT2D eigenvalue weighted by atomic mass is 10.0. The van der Waals surface area contributed by atoms with Crippen LogP contribution >= 0.6 is 7.82 Å². The quantitative estimate of drug-likeness (QED) is 0.0277. The number of allylic oxidation sites excluding steroid dienone is 1. The number of carbonyl (C=O) groups excluding carboxylic acids is 1. The van der Waals surface area contributed by atoms with E-state index in [2.05, 4.69) is 19.2 Å². The zero-order valence-electron chi connectivity index (χ0n) is 35.7. The van der Waals surface area contributed by atoms with Gasteiger partial charge in [-0.25, -0.2) is 0 Å². The van der Waals surface area contributed by atoms with E-state index >= 15 is 0 Å². The van der Waals surface area contributed by atoms with Crippen molar-refractivity contribution in [2.24, 2.45) is 0 Å². The van der Waals surface area contributed by atoms with Crippen molar-refractivity contribution in [2.75, 3.05) is 40.9 Å². The highest BCUT2D eigenvalue weighted by Gasteiger charge is 2.23. The number of rotatable bonds is 41. The molecule has 0 saturated carbocycles. The number of hydrogen-bond acceptors (Lipinski definition) is 6. The van der Waals surface area contributed by atoms with E-state index in [1.54, 1.807) is 6.08 Å². The average Bonchev–Trinajstić information content (AvgIpc) is 3.10. The molecule has 316 valence electrons. The van der Waals surface area contributed by atoms with Gasteiger partial charge in [0.1, 0.15) is 13.2 Å². The van der Waals surface area contributed by atoms with Crippen LogP contribution in [0.4, 0.5) is 0 Å². The van der Waals surface area contributed by atoms with Crippen molar-refractivity contribution in [2.45, 2.75) is 225 Å². The summed E-state index contributed by atoms with van der Waals surface area (Å²) in [5.74, 6) is -0.195. The van der Waals surface area contributed by atoms with Crippen LogP contribution in [-0.2, 0) is 18.4 Å². The number of aliphatic hydroxyl groups excluding tert-OH is 1. The van der Waals surface area contributed by atoms with Gasteiger partial charge in [0.2, 0.25) is 5.91 Å². The zero-order chi connectivity index (χ0) is 39.3. The first-order chi connectivity index (χ1) is 25.5. The second-order valence-electron chi connectivity index (χ2n) is 16.8. The van der Waals surface area contributed by atoms with E-state index in [0.717, 1.165) is 38.5 Å². The van der Waals surface area contributed by atoms with Crippen LogP contribution in [0, 0.1) is 0 Å². The summed E-state index contributed by atoms with van der Waals surface area (Å²) in [6.45, 7) is 4.66. The van der Waals surface area contributed by atoms with Gasteiger partial charge in [0.25, 0.3) is 7.82 Å². The predicted octanol–water partition coefficient (Wildman–Crippen LogP) is 11.7. The average molecular weight is 773 g/mol. The highest BCUT2D eigenvalue weighted by molar-refractivity contribution is 7.45. The summed E-state index contributed by atoms with van der Waals surface area (Å²) in [4.78, 5) is 25.3. The Morgan fingerprint density at radius 2 is 1.02 bits per heavy atom. The van der Waals surface area contributed by atoms with Crippen LogP contribution in [0.1, 0.15) is 213 Å². The van der Waals surface area contributed by atoms with Gasteiger partial charge in [-0.15, -0.1) is 0 Å². The number of phosphoric acid groups is 1. The van der Waals surface area contributed by atoms with Crippen molar-refractivity contribution in [1.29, 1.82) is 0 Å². The first-order valence-electron chi connectivity index (χ1n) is 22.6. The third-order valence-corrected chi connectivity index (χ3v) is 11.2. The van der Waals surface area contributed by atoms with Gasteiger partial charge in [-0.2, -0.15) is 0 Å². The summed E-state index contributed by atoms with van der Waals surface area (Å²) in [5, 5.41) is 13.8. The lowest BCUT2D eigenvalue weighted by Gasteiger charge is -2.29. The molecule has 9 heteroatoms. The third kappa shape index (κ3) is 39.3. The van der Waals surface area contributed by atoms with Crippen LogP contribution in [0.2, 0.25) is 0 Å². The molecule has 0 aromatic rings. The molecule has 0 heterocycles. The molecule has 0 saturated heterocycles. The minimum atomic E-state index is -4.58. The maximum absolute atomic E-state index is 12.8. The fraction of sp³-hybridized carbons (Fsp3) is 0.932. The molecule has 1 amide bonds. The van der Waals surface area contributed by atoms with Gasteiger partial charge in [-0.3, -0.25) is 9.36 Å². The number of phosphoric ester groups is 1. The summed E-state index contributed by atoms with van der Waals surface area (Å²) < 4.78 is 23.2. The Morgan fingerprint density at radius 1 is 0.642 bits per heavy atom. The Balaban J connectivity index is 4.39. The van der Waals surface area contributed by atoms with Gasteiger partial charge in [-0.1, -0.05) is 199 Å². The van der Waals surface area contributed by atoms with Crippen LogP contribution in [-0.4, -0.2) is 68.5 Å². The second-order valence-corrected chi connectivity index (χ2v) is 18.2. The molecular formula is C44H89N2O6P. The number of nitrogens with zero attached hydrogens (tertiary/aromatic N) is 1. The van der Waals surface area contributed by atoms with Crippen molar-refractivity contribution >= 4 is 13.7 Å². The van der Waals surface area contributed by atoms with Gasteiger partial charge >= 0.3 is 0 Å². The van der Waals surface area contributed by atoms with Crippen molar-refractivity contribution in [3.8, 4) is 0 Å². The SMILES string of the molecule is CCCCCCCCCCCCCCC/C=C/C(O)C(COP(=O)([O-])OCC[N+](C)(C)C)NC(=O)CCCCCCCCCCCCCCCCCC. The number of unbranched alkanes of at least 4 members (excludes halogenated alkanes) is 28. The molecule has 0 spiro atoms. The summed E-state index contributed by atoms with van der Waals surface area (Å²) >= 11 is 0. The van der Waals surface area contributed by atoms with E-state index in [0.29, 0.717) is 17.4 Å². The van der Waals surface area contributed by atoms with Gasteiger partial charge in [0.05, 0.1) is 39.9 Å². The van der Waals surface area contributed by atoms with Gasteiger partial charge in [-0.05, 0) is 19.3 Å². The van der Waals surface area contributed by atoms with Gasteiger partial charge in [0, 0.05) is 6.42 Å².